The second-order valence-electron chi connectivity index (χ2n) is 4.20. The van der Waals surface area contributed by atoms with Gasteiger partial charge in [-0.2, -0.15) is 0 Å². The van der Waals surface area contributed by atoms with E-state index < -0.39 is 0 Å². The summed E-state index contributed by atoms with van der Waals surface area (Å²) in [5.41, 5.74) is 0. The number of nitrogens with one attached hydrogen (secondary N) is 2. The fraction of sp³-hybridized carbons (Fsp3) is 0.909. The number of carbonyl (C=O) groups excluding carboxylic acids is 1. The normalized spacial score (nSPS) is 26.1. The molecule has 88 valence electrons. The number of nitrogens with zero attached hydrogens (tertiary/aromatic N) is 1. The van der Waals surface area contributed by atoms with Crippen molar-refractivity contribution < 1.29 is 4.79 Å². The molecular formula is C11H23N3O. The minimum Gasteiger partial charge on any atom is -0.335 e. The van der Waals surface area contributed by atoms with Crippen molar-refractivity contribution >= 4 is 6.03 Å². The first-order valence-corrected chi connectivity index (χ1v) is 5.96. The second kappa shape index (κ2) is 5.95. The molecule has 2 unspecified atom stereocenters. The van der Waals surface area contributed by atoms with Crippen LogP contribution in [-0.4, -0.2) is 42.6 Å². The van der Waals surface area contributed by atoms with Gasteiger partial charge >= 0.3 is 6.03 Å². The van der Waals surface area contributed by atoms with Gasteiger partial charge in [0.05, 0.1) is 0 Å². The van der Waals surface area contributed by atoms with Gasteiger partial charge < -0.3 is 15.5 Å². The molecule has 1 aliphatic heterocycles. The Bertz CT molecular complexity index is 204. The number of amides is 2. The number of hydrogen-bond donors (Lipinski definition) is 2. The third-order valence-corrected chi connectivity index (χ3v) is 3.00. The summed E-state index contributed by atoms with van der Waals surface area (Å²) < 4.78 is 0. The molecule has 15 heavy (non-hydrogen) atoms. The second-order valence-corrected chi connectivity index (χ2v) is 4.20. The third-order valence-electron chi connectivity index (χ3n) is 3.00. The summed E-state index contributed by atoms with van der Waals surface area (Å²) in [5, 5.41) is 6.48. The van der Waals surface area contributed by atoms with Gasteiger partial charge in [-0.3, -0.25) is 0 Å². The molecule has 2 N–H and O–H groups in total. The average Bonchev–Trinajstić information content (AvgIpc) is 2.19. The van der Waals surface area contributed by atoms with E-state index >= 15 is 0 Å². The van der Waals surface area contributed by atoms with Gasteiger partial charge in [-0.25, -0.2) is 4.79 Å². The number of urea groups is 1. The van der Waals surface area contributed by atoms with Gasteiger partial charge in [0.2, 0.25) is 0 Å². The van der Waals surface area contributed by atoms with Crippen molar-refractivity contribution in [3.63, 3.8) is 0 Å². The van der Waals surface area contributed by atoms with E-state index in [1.807, 2.05) is 18.7 Å². The first-order chi connectivity index (χ1) is 7.17. The minimum absolute atomic E-state index is 0.0825. The molecule has 0 saturated carbocycles. The summed E-state index contributed by atoms with van der Waals surface area (Å²) in [6.45, 7) is 8.74. The molecule has 1 fully saturated rings. The third kappa shape index (κ3) is 3.70. The summed E-state index contributed by atoms with van der Waals surface area (Å²) >= 11 is 0. The summed E-state index contributed by atoms with van der Waals surface area (Å²) in [5.74, 6) is 0. The van der Waals surface area contributed by atoms with E-state index in [0.717, 1.165) is 32.5 Å². The Morgan fingerprint density at radius 1 is 1.47 bits per heavy atom. The van der Waals surface area contributed by atoms with E-state index in [-0.39, 0.29) is 6.03 Å². The van der Waals surface area contributed by atoms with Gasteiger partial charge in [-0.05, 0) is 40.2 Å². The summed E-state index contributed by atoms with van der Waals surface area (Å²) in [7, 11) is 0. The highest BCUT2D eigenvalue weighted by molar-refractivity contribution is 5.74. The van der Waals surface area contributed by atoms with Crippen molar-refractivity contribution in [1.82, 2.24) is 15.5 Å². The Morgan fingerprint density at radius 2 is 2.13 bits per heavy atom. The lowest BCUT2D eigenvalue weighted by molar-refractivity contribution is 0.194. The van der Waals surface area contributed by atoms with E-state index in [1.165, 1.54) is 0 Å². The van der Waals surface area contributed by atoms with Crippen molar-refractivity contribution in [2.24, 2.45) is 0 Å². The van der Waals surface area contributed by atoms with Gasteiger partial charge in [0, 0.05) is 25.2 Å². The molecule has 4 heteroatoms. The Balaban J connectivity index is 2.36. The standard InChI is InChI=1S/C11H23N3O/c1-4-14(5-2)11(15)13-10-6-7-12-9(3)8-10/h9-10,12H,4-8H2,1-3H3,(H,13,15). The van der Waals surface area contributed by atoms with Crippen molar-refractivity contribution in [2.45, 2.75) is 45.7 Å². The molecule has 1 rings (SSSR count). The van der Waals surface area contributed by atoms with E-state index in [0.29, 0.717) is 12.1 Å². The van der Waals surface area contributed by atoms with Crippen molar-refractivity contribution in [3.8, 4) is 0 Å². The number of carbonyl (C=O) groups is 1. The molecule has 0 spiro atoms. The zero-order chi connectivity index (χ0) is 11.3. The van der Waals surface area contributed by atoms with E-state index in [9.17, 15) is 4.79 Å². The van der Waals surface area contributed by atoms with Crippen LogP contribution in [0.1, 0.15) is 33.6 Å². The van der Waals surface area contributed by atoms with Gasteiger partial charge in [0.15, 0.2) is 0 Å². The highest BCUT2D eigenvalue weighted by atomic mass is 16.2. The molecule has 0 radical (unpaired) electrons. The largest absolute Gasteiger partial charge is 0.335 e. The molecule has 0 aliphatic carbocycles. The van der Waals surface area contributed by atoms with Crippen LogP contribution >= 0.6 is 0 Å². The fourth-order valence-corrected chi connectivity index (χ4v) is 2.04. The summed E-state index contributed by atoms with van der Waals surface area (Å²) in [6, 6.07) is 0.939. The van der Waals surface area contributed by atoms with Gasteiger partial charge in [-0.1, -0.05) is 0 Å². The Labute approximate surface area is 92.4 Å². The van der Waals surface area contributed by atoms with Crippen molar-refractivity contribution in [3.05, 3.63) is 0 Å². The molecule has 2 atom stereocenters. The van der Waals surface area contributed by atoms with Crippen LogP contribution < -0.4 is 10.6 Å². The Kier molecular flexibility index (Phi) is 4.88. The molecule has 0 bridgehead atoms. The van der Waals surface area contributed by atoms with E-state index in [1.54, 1.807) is 0 Å². The molecule has 1 saturated heterocycles. The first kappa shape index (κ1) is 12.3. The van der Waals surface area contributed by atoms with Crippen LogP contribution in [0.15, 0.2) is 0 Å². The monoisotopic (exact) mass is 213 g/mol. The molecule has 1 heterocycles. The minimum atomic E-state index is 0.0825. The molecule has 4 nitrogen and oxygen atoms in total. The topological polar surface area (TPSA) is 44.4 Å². The molecular weight excluding hydrogens is 190 g/mol. The molecule has 2 amide bonds. The lowest BCUT2D eigenvalue weighted by atomic mass is 10.0. The highest BCUT2D eigenvalue weighted by Crippen LogP contribution is 2.08. The Morgan fingerprint density at radius 3 is 2.67 bits per heavy atom. The quantitative estimate of drug-likeness (QED) is 0.739. The maximum Gasteiger partial charge on any atom is 0.317 e. The van der Waals surface area contributed by atoms with Crippen LogP contribution in [0, 0.1) is 0 Å². The highest BCUT2D eigenvalue weighted by Gasteiger charge is 2.21. The smallest absolute Gasteiger partial charge is 0.317 e. The summed E-state index contributed by atoms with van der Waals surface area (Å²) in [4.78, 5) is 13.6. The maximum atomic E-state index is 11.8. The first-order valence-electron chi connectivity index (χ1n) is 5.96. The van der Waals surface area contributed by atoms with Crippen molar-refractivity contribution in [1.29, 1.82) is 0 Å². The SMILES string of the molecule is CCN(CC)C(=O)NC1CCNC(C)C1. The molecule has 0 aromatic rings. The van der Waals surface area contributed by atoms with E-state index in [2.05, 4.69) is 17.6 Å². The Hall–Kier alpha value is -0.770. The zero-order valence-electron chi connectivity index (χ0n) is 10.0. The molecule has 0 aromatic heterocycles. The van der Waals surface area contributed by atoms with E-state index in [4.69, 9.17) is 0 Å². The van der Waals surface area contributed by atoms with Gasteiger partial charge in [-0.15, -0.1) is 0 Å². The predicted octanol–water partition coefficient (Wildman–Crippen LogP) is 1.18. The van der Waals surface area contributed by atoms with Crippen LogP contribution in [0.2, 0.25) is 0 Å². The lowest BCUT2D eigenvalue weighted by Crippen LogP contribution is -2.50. The number of rotatable bonds is 3. The average molecular weight is 213 g/mol. The number of hydrogen-bond acceptors (Lipinski definition) is 2. The van der Waals surface area contributed by atoms with Crippen LogP contribution in [0.5, 0.6) is 0 Å². The van der Waals surface area contributed by atoms with Crippen LogP contribution in [-0.2, 0) is 0 Å². The van der Waals surface area contributed by atoms with Crippen LogP contribution in [0.3, 0.4) is 0 Å². The summed E-state index contributed by atoms with van der Waals surface area (Å²) in [6.07, 6.45) is 2.07. The molecule has 0 aromatic carbocycles. The predicted molar refractivity (Wildman–Crippen MR) is 61.9 cm³/mol. The number of piperidine rings is 1. The van der Waals surface area contributed by atoms with Gasteiger partial charge in [0.1, 0.15) is 0 Å². The van der Waals surface area contributed by atoms with Crippen LogP contribution in [0.4, 0.5) is 4.79 Å². The lowest BCUT2D eigenvalue weighted by Gasteiger charge is -2.30. The maximum absolute atomic E-state index is 11.8. The van der Waals surface area contributed by atoms with Crippen LogP contribution in [0.25, 0.3) is 0 Å². The van der Waals surface area contributed by atoms with Gasteiger partial charge in [0.25, 0.3) is 0 Å². The van der Waals surface area contributed by atoms with Crippen molar-refractivity contribution in [2.75, 3.05) is 19.6 Å². The zero-order valence-corrected chi connectivity index (χ0v) is 10.0. The molecule has 1 aliphatic rings. The fourth-order valence-electron chi connectivity index (χ4n) is 2.04.